The van der Waals surface area contributed by atoms with E-state index in [0.717, 1.165) is 22.4 Å². The predicted octanol–water partition coefficient (Wildman–Crippen LogP) is 4.87. The first-order valence-electron chi connectivity index (χ1n) is 8.01. The highest BCUT2D eigenvalue weighted by Gasteiger charge is 2.09. The maximum Gasteiger partial charge on any atom is 0.0722 e. The molecule has 0 saturated heterocycles. The second-order valence-electron chi connectivity index (χ2n) is 5.87. The van der Waals surface area contributed by atoms with Gasteiger partial charge in [0.15, 0.2) is 0 Å². The van der Waals surface area contributed by atoms with Crippen molar-refractivity contribution in [1.82, 2.24) is 9.78 Å². The molecule has 0 fully saturated rings. The van der Waals surface area contributed by atoms with Gasteiger partial charge in [0.05, 0.1) is 37.1 Å². The smallest absolute Gasteiger partial charge is 0.0722 e. The van der Waals surface area contributed by atoms with Gasteiger partial charge < -0.3 is 4.74 Å². The Morgan fingerprint density at radius 1 is 1.16 bits per heavy atom. The van der Waals surface area contributed by atoms with Crippen LogP contribution in [0.5, 0.6) is 0 Å². The van der Waals surface area contributed by atoms with E-state index in [1.165, 1.54) is 0 Å². The first kappa shape index (κ1) is 17.2. The third-order valence-electron chi connectivity index (χ3n) is 3.88. The Bertz CT molecular complexity index is 883. The molecule has 0 saturated carbocycles. The van der Waals surface area contributed by atoms with Crippen LogP contribution < -0.4 is 0 Å². The van der Waals surface area contributed by atoms with Crippen LogP contribution in [0.4, 0.5) is 0 Å². The average molecular weight is 352 g/mol. The fraction of sp³-hybridized carbons (Fsp3) is 0.200. The van der Waals surface area contributed by atoms with Crippen molar-refractivity contribution in [2.45, 2.75) is 26.1 Å². The average Bonchev–Trinajstić information content (AvgIpc) is 3.12. The van der Waals surface area contributed by atoms with E-state index < -0.39 is 0 Å². The summed E-state index contributed by atoms with van der Waals surface area (Å²) in [5.41, 5.74) is 3.84. The minimum atomic E-state index is -0.193. The van der Waals surface area contributed by atoms with Crippen molar-refractivity contribution >= 4 is 11.6 Å². The number of nitriles is 1. The lowest BCUT2D eigenvalue weighted by molar-refractivity contribution is 0.107. The van der Waals surface area contributed by atoms with Gasteiger partial charge in [-0.3, -0.25) is 0 Å². The third-order valence-corrected chi connectivity index (χ3v) is 4.10. The van der Waals surface area contributed by atoms with Crippen molar-refractivity contribution in [3.05, 3.63) is 82.6 Å². The largest absolute Gasteiger partial charge is 0.372 e. The van der Waals surface area contributed by atoms with Crippen molar-refractivity contribution in [3.63, 3.8) is 0 Å². The fourth-order valence-electron chi connectivity index (χ4n) is 2.49. The Kier molecular flexibility index (Phi) is 5.49. The number of hydrogen-bond donors (Lipinski definition) is 0. The predicted molar refractivity (Wildman–Crippen MR) is 97.5 cm³/mol. The van der Waals surface area contributed by atoms with Gasteiger partial charge in [-0.25, -0.2) is 4.68 Å². The van der Waals surface area contributed by atoms with Crippen LogP contribution in [0.2, 0.25) is 5.02 Å². The third kappa shape index (κ3) is 4.48. The van der Waals surface area contributed by atoms with E-state index in [1.807, 2.05) is 61.7 Å². The molecule has 2 aromatic carbocycles. The number of benzene rings is 2. The molecule has 0 aliphatic carbocycles. The van der Waals surface area contributed by atoms with E-state index in [1.54, 1.807) is 10.9 Å². The zero-order valence-corrected chi connectivity index (χ0v) is 14.6. The Morgan fingerprint density at radius 2 is 1.92 bits per heavy atom. The Hall–Kier alpha value is -2.61. The lowest BCUT2D eigenvalue weighted by Crippen LogP contribution is -1.99. The van der Waals surface area contributed by atoms with Gasteiger partial charge >= 0.3 is 0 Å². The topological polar surface area (TPSA) is 50.8 Å². The highest BCUT2D eigenvalue weighted by Crippen LogP contribution is 2.21. The molecule has 126 valence electrons. The fourth-order valence-corrected chi connectivity index (χ4v) is 2.74. The molecule has 0 spiro atoms. The van der Waals surface area contributed by atoms with E-state index in [0.29, 0.717) is 18.2 Å². The molecular weight excluding hydrogens is 334 g/mol. The highest BCUT2D eigenvalue weighted by atomic mass is 35.5. The van der Waals surface area contributed by atoms with Crippen LogP contribution in [0.25, 0.3) is 5.69 Å². The Morgan fingerprint density at radius 3 is 2.68 bits per heavy atom. The van der Waals surface area contributed by atoms with Crippen LogP contribution in [0, 0.1) is 11.3 Å². The second kappa shape index (κ2) is 7.98. The van der Waals surface area contributed by atoms with E-state index in [2.05, 4.69) is 11.2 Å². The summed E-state index contributed by atoms with van der Waals surface area (Å²) >= 11 is 6.24. The number of rotatable bonds is 6. The monoisotopic (exact) mass is 351 g/mol. The van der Waals surface area contributed by atoms with Gasteiger partial charge in [0.1, 0.15) is 0 Å². The van der Waals surface area contributed by atoms with Crippen molar-refractivity contribution in [2.24, 2.45) is 0 Å². The summed E-state index contributed by atoms with van der Waals surface area (Å²) in [6, 6.07) is 18.0. The molecule has 0 radical (unpaired) electrons. The maximum absolute atomic E-state index is 9.02. The highest BCUT2D eigenvalue weighted by molar-refractivity contribution is 6.30. The number of nitrogens with zero attached hydrogens (tertiary/aromatic N) is 3. The first-order valence-corrected chi connectivity index (χ1v) is 8.39. The maximum atomic E-state index is 9.02. The zero-order chi connectivity index (χ0) is 17.6. The van der Waals surface area contributed by atoms with Crippen LogP contribution >= 0.6 is 11.6 Å². The van der Waals surface area contributed by atoms with E-state index >= 15 is 0 Å². The molecule has 0 bridgehead atoms. The zero-order valence-electron chi connectivity index (χ0n) is 13.9. The summed E-state index contributed by atoms with van der Waals surface area (Å²) in [5.74, 6) is -0.193. The number of aromatic nitrogens is 2. The lowest BCUT2D eigenvalue weighted by Gasteiger charge is -2.08. The molecule has 1 aromatic heterocycles. The minimum absolute atomic E-state index is 0.193. The van der Waals surface area contributed by atoms with Crippen molar-refractivity contribution in [3.8, 4) is 11.8 Å². The number of hydrogen-bond acceptors (Lipinski definition) is 3. The van der Waals surface area contributed by atoms with Gasteiger partial charge in [-0.2, -0.15) is 10.4 Å². The first-order chi connectivity index (χ1) is 12.2. The van der Waals surface area contributed by atoms with Crippen LogP contribution in [-0.4, -0.2) is 9.78 Å². The minimum Gasteiger partial charge on any atom is -0.372 e. The molecule has 25 heavy (non-hydrogen) atoms. The Balaban J connectivity index is 1.72. The molecule has 1 atom stereocenters. The van der Waals surface area contributed by atoms with Gasteiger partial charge in [0.2, 0.25) is 0 Å². The molecule has 1 unspecified atom stereocenters. The summed E-state index contributed by atoms with van der Waals surface area (Å²) in [5, 5.41) is 14.0. The molecule has 4 nitrogen and oxygen atoms in total. The molecular formula is C20H18ClN3O. The normalized spacial score (nSPS) is 11.9. The van der Waals surface area contributed by atoms with Gasteiger partial charge in [-0.15, -0.1) is 0 Å². The molecule has 0 N–H and O–H groups in total. The van der Waals surface area contributed by atoms with Gasteiger partial charge in [0, 0.05) is 16.8 Å². The standard InChI is InChI=1S/C20H18ClN3O/c1-15(10-22)18-11-23-24(12-18)20-8-17(7-19(21)9-20)14-25-13-16-5-3-2-4-6-16/h2-9,11-12,15H,13-14H2,1H3. The molecule has 0 amide bonds. The van der Waals surface area contributed by atoms with Gasteiger partial charge in [-0.1, -0.05) is 41.9 Å². The summed E-state index contributed by atoms with van der Waals surface area (Å²) in [7, 11) is 0. The molecule has 0 aliphatic rings. The number of halogens is 1. The van der Waals surface area contributed by atoms with Gasteiger partial charge in [0.25, 0.3) is 0 Å². The summed E-state index contributed by atoms with van der Waals surface area (Å²) in [6.07, 6.45) is 3.56. The molecule has 3 aromatic rings. The molecule has 0 aliphatic heterocycles. The van der Waals surface area contributed by atoms with E-state index in [9.17, 15) is 0 Å². The van der Waals surface area contributed by atoms with Gasteiger partial charge in [-0.05, 0) is 36.2 Å². The lowest BCUT2D eigenvalue weighted by atomic mass is 10.1. The number of ether oxygens (including phenoxy) is 1. The van der Waals surface area contributed by atoms with Crippen molar-refractivity contribution in [1.29, 1.82) is 5.26 Å². The van der Waals surface area contributed by atoms with Crippen LogP contribution in [0.3, 0.4) is 0 Å². The van der Waals surface area contributed by atoms with Crippen LogP contribution in [0.15, 0.2) is 60.9 Å². The van der Waals surface area contributed by atoms with Crippen molar-refractivity contribution < 1.29 is 4.74 Å². The molecule has 5 heteroatoms. The summed E-state index contributed by atoms with van der Waals surface area (Å²) in [4.78, 5) is 0. The second-order valence-corrected chi connectivity index (χ2v) is 6.30. The van der Waals surface area contributed by atoms with Crippen molar-refractivity contribution in [2.75, 3.05) is 0 Å². The quantitative estimate of drug-likeness (QED) is 0.636. The van der Waals surface area contributed by atoms with Crippen LogP contribution in [-0.2, 0) is 18.0 Å². The summed E-state index contributed by atoms with van der Waals surface area (Å²) < 4.78 is 7.51. The summed E-state index contributed by atoms with van der Waals surface area (Å²) in [6.45, 7) is 2.86. The molecule has 1 heterocycles. The van der Waals surface area contributed by atoms with Crippen LogP contribution in [0.1, 0.15) is 29.5 Å². The Labute approximate surface area is 152 Å². The van der Waals surface area contributed by atoms with E-state index in [4.69, 9.17) is 21.6 Å². The molecule has 3 rings (SSSR count). The SMILES string of the molecule is CC(C#N)c1cnn(-c2cc(Cl)cc(COCc3ccccc3)c2)c1. The van der Waals surface area contributed by atoms with E-state index in [-0.39, 0.29) is 5.92 Å².